The summed E-state index contributed by atoms with van der Waals surface area (Å²) in [5.41, 5.74) is 6.08. The summed E-state index contributed by atoms with van der Waals surface area (Å²) >= 11 is 12.1. The highest BCUT2D eigenvalue weighted by Crippen LogP contribution is 2.32. The van der Waals surface area contributed by atoms with Crippen molar-refractivity contribution in [2.24, 2.45) is 11.7 Å². The summed E-state index contributed by atoms with van der Waals surface area (Å²) in [6, 6.07) is 2.84. The average Bonchev–Trinajstić information content (AvgIpc) is 2.28. The molecule has 0 aromatic heterocycles. The zero-order chi connectivity index (χ0) is 14.9. The lowest BCUT2D eigenvalue weighted by atomic mass is 9.81. The van der Waals surface area contributed by atoms with E-state index in [1.54, 1.807) is 6.07 Å². The molecule has 0 aliphatic heterocycles. The Morgan fingerprint density at radius 2 is 2.05 bits per heavy atom. The van der Waals surface area contributed by atoms with Gasteiger partial charge in [-0.25, -0.2) is 13.1 Å². The first-order chi connectivity index (χ1) is 9.35. The number of hydrogen-bond acceptors (Lipinski definition) is 3. The van der Waals surface area contributed by atoms with E-state index in [9.17, 15) is 8.42 Å². The van der Waals surface area contributed by atoms with E-state index in [1.807, 2.05) is 6.92 Å². The van der Waals surface area contributed by atoms with Crippen LogP contribution in [0.2, 0.25) is 10.0 Å². The minimum absolute atomic E-state index is 0.00158. The molecule has 1 unspecified atom stereocenters. The number of nitrogens with one attached hydrogen (secondary N) is 1. The van der Waals surface area contributed by atoms with Crippen molar-refractivity contribution in [2.45, 2.75) is 43.7 Å². The third kappa shape index (κ3) is 3.28. The second kappa shape index (κ2) is 6.20. The molecule has 1 aromatic carbocycles. The molecule has 1 atom stereocenters. The van der Waals surface area contributed by atoms with Gasteiger partial charge in [0.1, 0.15) is 4.90 Å². The number of sulfonamides is 1. The smallest absolute Gasteiger partial charge is 0.242 e. The monoisotopic (exact) mass is 336 g/mol. The normalized spacial score (nSPS) is 17.8. The van der Waals surface area contributed by atoms with Crippen LogP contribution in [0.15, 0.2) is 17.0 Å². The van der Waals surface area contributed by atoms with Crippen LogP contribution in [0.3, 0.4) is 0 Å². The number of hydrogen-bond donors (Lipinski definition) is 2. The van der Waals surface area contributed by atoms with Crippen LogP contribution in [0.25, 0.3) is 0 Å². The fourth-order valence-corrected chi connectivity index (χ4v) is 4.56. The Hall–Kier alpha value is -0.330. The van der Waals surface area contributed by atoms with E-state index in [-0.39, 0.29) is 22.5 Å². The second-order valence-corrected chi connectivity index (χ2v) is 7.68. The number of halogens is 2. The van der Waals surface area contributed by atoms with Crippen molar-refractivity contribution >= 4 is 33.2 Å². The fourth-order valence-electron chi connectivity index (χ4n) is 2.31. The molecule has 0 radical (unpaired) electrons. The zero-order valence-corrected chi connectivity index (χ0v) is 13.5. The Balaban J connectivity index is 2.31. The van der Waals surface area contributed by atoms with Gasteiger partial charge < -0.3 is 5.73 Å². The van der Waals surface area contributed by atoms with Crippen LogP contribution in [-0.4, -0.2) is 14.5 Å². The van der Waals surface area contributed by atoms with Crippen LogP contribution in [0.1, 0.15) is 31.7 Å². The molecule has 1 aliphatic rings. The van der Waals surface area contributed by atoms with E-state index in [4.69, 9.17) is 28.9 Å². The van der Waals surface area contributed by atoms with Crippen molar-refractivity contribution in [1.82, 2.24) is 4.72 Å². The van der Waals surface area contributed by atoms with E-state index in [1.165, 1.54) is 6.07 Å². The minimum Gasteiger partial charge on any atom is -0.326 e. The maximum atomic E-state index is 12.4. The van der Waals surface area contributed by atoms with Crippen LogP contribution >= 0.6 is 23.2 Å². The van der Waals surface area contributed by atoms with Crippen molar-refractivity contribution in [3.63, 3.8) is 0 Å². The van der Waals surface area contributed by atoms with Gasteiger partial charge in [-0.1, -0.05) is 29.6 Å². The summed E-state index contributed by atoms with van der Waals surface area (Å²) in [6.07, 6.45) is 3.27. The Labute approximate surface area is 129 Å². The van der Waals surface area contributed by atoms with Crippen LogP contribution in [-0.2, 0) is 16.6 Å². The molecule has 1 aliphatic carbocycles. The molecule has 2 rings (SSSR count). The predicted octanol–water partition coefficient (Wildman–Crippen LogP) is 2.92. The minimum atomic E-state index is -3.69. The van der Waals surface area contributed by atoms with Gasteiger partial charge in [0, 0.05) is 17.6 Å². The largest absolute Gasteiger partial charge is 0.326 e. The maximum absolute atomic E-state index is 12.4. The molecule has 3 N–H and O–H groups in total. The molecular formula is C13H18Cl2N2O2S. The van der Waals surface area contributed by atoms with E-state index >= 15 is 0 Å². The van der Waals surface area contributed by atoms with Crippen LogP contribution < -0.4 is 10.5 Å². The first kappa shape index (κ1) is 16.0. The molecule has 0 heterocycles. The van der Waals surface area contributed by atoms with Crippen LogP contribution in [0.4, 0.5) is 0 Å². The zero-order valence-electron chi connectivity index (χ0n) is 11.2. The lowest BCUT2D eigenvalue weighted by Crippen LogP contribution is -2.40. The molecule has 1 aromatic rings. The molecule has 112 valence electrons. The molecule has 0 saturated heterocycles. The third-order valence-corrected chi connectivity index (χ3v) is 6.15. The summed E-state index contributed by atoms with van der Waals surface area (Å²) in [5, 5.41) is 0.455. The Kier molecular flexibility index (Phi) is 4.97. The molecule has 0 amide bonds. The molecule has 1 fully saturated rings. The molecule has 20 heavy (non-hydrogen) atoms. The highest BCUT2D eigenvalue weighted by atomic mass is 35.5. The van der Waals surface area contributed by atoms with Gasteiger partial charge in [-0.2, -0.15) is 0 Å². The van der Waals surface area contributed by atoms with Crippen LogP contribution in [0, 0.1) is 5.92 Å². The summed E-state index contributed by atoms with van der Waals surface area (Å²) < 4.78 is 27.5. The highest BCUT2D eigenvalue weighted by molar-refractivity contribution is 7.89. The van der Waals surface area contributed by atoms with Crippen molar-refractivity contribution < 1.29 is 8.42 Å². The molecular weight excluding hydrogens is 319 g/mol. The average molecular weight is 337 g/mol. The maximum Gasteiger partial charge on any atom is 0.242 e. The summed E-state index contributed by atoms with van der Waals surface area (Å²) in [5.74, 6) is 0.400. The van der Waals surface area contributed by atoms with Gasteiger partial charge in [-0.05, 0) is 43.4 Å². The van der Waals surface area contributed by atoms with Gasteiger partial charge in [0.05, 0.1) is 5.02 Å². The number of rotatable bonds is 5. The Bertz CT molecular complexity index is 601. The van der Waals surface area contributed by atoms with Crippen molar-refractivity contribution in [3.8, 4) is 0 Å². The van der Waals surface area contributed by atoms with Gasteiger partial charge >= 0.3 is 0 Å². The summed E-state index contributed by atoms with van der Waals surface area (Å²) in [7, 11) is -3.69. The quantitative estimate of drug-likeness (QED) is 0.868. The SMILES string of the molecule is CC(NS(=O)(=O)c1cc(Cl)cc(CN)c1Cl)C1CCC1. The fraction of sp³-hybridized carbons (Fsp3) is 0.538. The summed E-state index contributed by atoms with van der Waals surface area (Å²) in [4.78, 5) is -0.00158. The van der Waals surface area contributed by atoms with Gasteiger partial charge in [0.2, 0.25) is 10.0 Å². The Morgan fingerprint density at radius 1 is 1.40 bits per heavy atom. The van der Waals surface area contributed by atoms with Crippen molar-refractivity contribution in [3.05, 3.63) is 27.7 Å². The first-order valence-corrected chi connectivity index (χ1v) is 8.79. The van der Waals surface area contributed by atoms with Crippen LogP contribution in [0.5, 0.6) is 0 Å². The Morgan fingerprint density at radius 3 is 2.55 bits per heavy atom. The summed E-state index contributed by atoms with van der Waals surface area (Å²) in [6.45, 7) is 2.02. The first-order valence-electron chi connectivity index (χ1n) is 6.55. The molecule has 0 spiro atoms. The highest BCUT2D eigenvalue weighted by Gasteiger charge is 2.29. The van der Waals surface area contributed by atoms with Gasteiger partial charge in [-0.3, -0.25) is 0 Å². The van der Waals surface area contributed by atoms with E-state index in [0.29, 0.717) is 16.5 Å². The topological polar surface area (TPSA) is 72.2 Å². The molecule has 4 nitrogen and oxygen atoms in total. The van der Waals surface area contributed by atoms with Crippen molar-refractivity contribution in [2.75, 3.05) is 0 Å². The van der Waals surface area contributed by atoms with E-state index in [0.717, 1.165) is 19.3 Å². The van der Waals surface area contributed by atoms with Gasteiger partial charge in [0.15, 0.2) is 0 Å². The molecule has 7 heteroatoms. The van der Waals surface area contributed by atoms with E-state index in [2.05, 4.69) is 4.72 Å². The van der Waals surface area contributed by atoms with Gasteiger partial charge in [0.25, 0.3) is 0 Å². The van der Waals surface area contributed by atoms with E-state index < -0.39 is 10.0 Å². The number of benzene rings is 1. The predicted molar refractivity (Wildman–Crippen MR) is 81.5 cm³/mol. The second-order valence-electron chi connectivity index (χ2n) is 5.18. The van der Waals surface area contributed by atoms with Gasteiger partial charge in [-0.15, -0.1) is 0 Å². The standard InChI is InChI=1S/C13H18Cl2N2O2S/c1-8(9-3-2-4-9)17-20(18,19)12-6-11(14)5-10(7-16)13(12)15/h5-6,8-9,17H,2-4,7,16H2,1H3. The van der Waals surface area contributed by atoms with Crippen molar-refractivity contribution in [1.29, 1.82) is 0 Å². The lowest BCUT2D eigenvalue weighted by molar-refractivity contribution is 0.260. The number of nitrogens with two attached hydrogens (primary N) is 1. The lowest BCUT2D eigenvalue weighted by Gasteiger charge is -2.31. The molecule has 0 bridgehead atoms. The third-order valence-electron chi connectivity index (χ3n) is 3.79. The molecule has 1 saturated carbocycles.